The number of hydrogen-bond acceptors (Lipinski definition) is 8. The molecule has 0 saturated carbocycles. The van der Waals surface area contributed by atoms with Crippen molar-refractivity contribution in [3.05, 3.63) is 40.8 Å². The SMILES string of the molecule is Cc1c(C(=O)NCCCN2CCOCC2)sc2ncnc(Nc3ccc(F)cc3OC(C)C)c12. The van der Waals surface area contributed by atoms with E-state index in [-0.39, 0.29) is 17.8 Å². The lowest BCUT2D eigenvalue weighted by molar-refractivity contribution is 0.0374. The highest BCUT2D eigenvalue weighted by Gasteiger charge is 2.20. The van der Waals surface area contributed by atoms with Crippen LogP contribution in [0.3, 0.4) is 0 Å². The first-order valence-electron chi connectivity index (χ1n) is 11.5. The van der Waals surface area contributed by atoms with Crippen LogP contribution in [0.5, 0.6) is 5.75 Å². The summed E-state index contributed by atoms with van der Waals surface area (Å²) in [5.74, 6) is 0.450. The van der Waals surface area contributed by atoms with Crippen molar-refractivity contribution in [2.24, 2.45) is 0 Å². The Labute approximate surface area is 202 Å². The average molecular weight is 488 g/mol. The molecule has 2 aromatic heterocycles. The number of carbonyl (C=O) groups is 1. The summed E-state index contributed by atoms with van der Waals surface area (Å²) in [6.07, 6.45) is 2.22. The molecular formula is C24H30FN5O3S. The van der Waals surface area contributed by atoms with E-state index in [4.69, 9.17) is 9.47 Å². The largest absolute Gasteiger partial charge is 0.489 e. The van der Waals surface area contributed by atoms with Gasteiger partial charge < -0.3 is 20.1 Å². The maximum Gasteiger partial charge on any atom is 0.261 e. The van der Waals surface area contributed by atoms with Crippen molar-refractivity contribution < 1.29 is 18.7 Å². The highest BCUT2D eigenvalue weighted by molar-refractivity contribution is 7.20. The van der Waals surface area contributed by atoms with Crippen molar-refractivity contribution in [3.8, 4) is 5.75 Å². The van der Waals surface area contributed by atoms with E-state index in [1.54, 1.807) is 6.07 Å². The minimum Gasteiger partial charge on any atom is -0.489 e. The van der Waals surface area contributed by atoms with E-state index in [1.165, 1.54) is 29.8 Å². The number of aryl methyl sites for hydroxylation is 1. The number of ether oxygens (including phenoxy) is 2. The number of morpholine rings is 1. The summed E-state index contributed by atoms with van der Waals surface area (Å²) in [7, 11) is 0. The second-order valence-corrected chi connectivity index (χ2v) is 9.45. The highest BCUT2D eigenvalue weighted by atomic mass is 32.1. The van der Waals surface area contributed by atoms with Crippen LogP contribution >= 0.6 is 11.3 Å². The minimum absolute atomic E-state index is 0.112. The van der Waals surface area contributed by atoms with Crippen molar-refractivity contribution in [3.63, 3.8) is 0 Å². The number of amides is 1. The summed E-state index contributed by atoms with van der Waals surface area (Å²) in [6, 6.07) is 4.33. The molecule has 3 aromatic rings. The number of carbonyl (C=O) groups excluding carboxylic acids is 1. The average Bonchev–Trinajstić information content (AvgIpc) is 3.16. The van der Waals surface area contributed by atoms with Crippen LogP contribution in [0.15, 0.2) is 24.5 Å². The molecule has 0 spiro atoms. The standard InChI is InChI=1S/C24H30FN5O3S/c1-15(2)33-19-13-17(25)5-6-18(19)29-22-20-16(3)21(34-24(20)28-14-27-22)23(31)26-7-4-8-30-9-11-32-12-10-30/h5-6,13-15H,4,7-12H2,1-3H3,(H,26,31)(H,27,28,29). The second-order valence-electron chi connectivity index (χ2n) is 8.45. The Morgan fingerprint density at radius 2 is 2.09 bits per heavy atom. The number of fused-ring (bicyclic) bond motifs is 1. The molecule has 34 heavy (non-hydrogen) atoms. The second kappa shape index (κ2) is 11.1. The van der Waals surface area contributed by atoms with E-state index >= 15 is 0 Å². The maximum absolute atomic E-state index is 13.8. The zero-order valence-electron chi connectivity index (χ0n) is 19.7. The fourth-order valence-electron chi connectivity index (χ4n) is 3.87. The van der Waals surface area contributed by atoms with Gasteiger partial charge in [-0.3, -0.25) is 9.69 Å². The first kappa shape index (κ1) is 24.3. The third-order valence-corrected chi connectivity index (χ3v) is 6.73. The number of nitrogens with zero attached hydrogens (tertiary/aromatic N) is 3. The van der Waals surface area contributed by atoms with E-state index in [1.807, 2.05) is 20.8 Å². The minimum atomic E-state index is -0.381. The number of halogens is 1. The third kappa shape index (κ3) is 5.81. The monoisotopic (exact) mass is 487 g/mol. The smallest absolute Gasteiger partial charge is 0.261 e. The lowest BCUT2D eigenvalue weighted by Crippen LogP contribution is -2.38. The zero-order chi connectivity index (χ0) is 24.1. The first-order chi connectivity index (χ1) is 16.4. The van der Waals surface area contributed by atoms with Gasteiger partial charge in [0.05, 0.1) is 35.3 Å². The highest BCUT2D eigenvalue weighted by Crippen LogP contribution is 2.36. The summed E-state index contributed by atoms with van der Waals surface area (Å²) >= 11 is 1.34. The molecule has 8 nitrogen and oxygen atoms in total. The summed E-state index contributed by atoms with van der Waals surface area (Å²) in [4.78, 5) is 25.3. The number of anilines is 2. The molecule has 2 N–H and O–H groups in total. The number of rotatable bonds is 9. The van der Waals surface area contributed by atoms with Gasteiger partial charge in [0.2, 0.25) is 0 Å². The molecule has 0 radical (unpaired) electrons. The molecule has 0 unspecified atom stereocenters. The molecule has 182 valence electrons. The number of aromatic nitrogens is 2. The van der Waals surface area contributed by atoms with Crippen LogP contribution in [-0.4, -0.2) is 66.3 Å². The van der Waals surface area contributed by atoms with Crippen LogP contribution in [-0.2, 0) is 4.74 Å². The fourth-order valence-corrected chi connectivity index (χ4v) is 4.94. The van der Waals surface area contributed by atoms with E-state index < -0.39 is 0 Å². The molecule has 1 aromatic carbocycles. The summed E-state index contributed by atoms with van der Waals surface area (Å²) in [5.41, 5.74) is 1.40. The van der Waals surface area contributed by atoms with Gasteiger partial charge in [-0.2, -0.15) is 0 Å². The summed E-state index contributed by atoms with van der Waals surface area (Å²) in [5, 5.41) is 7.05. The molecule has 4 rings (SSSR count). The maximum atomic E-state index is 13.8. The molecule has 0 atom stereocenters. The van der Waals surface area contributed by atoms with Gasteiger partial charge in [0.15, 0.2) is 0 Å². The van der Waals surface area contributed by atoms with Crippen LogP contribution < -0.4 is 15.4 Å². The molecule has 1 aliphatic rings. The quantitative estimate of drug-likeness (QED) is 0.439. The van der Waals surface area contributed by atoms with Gasteiger partial charge in [0.1, 0.15) is 28.5 Å². The Bertz CT molecular complexity index is 1150. The van der Waals surface area contributed by atoms with Crippen molar-refractivity contribution in [1.29, 1.82) is 0 Å². The van der Waals surface area contributed by atoms with Crippen LogP contribution in [0, 0.1) is 12.7 Å². The van der Waals surface area contributed by atoms with Gasteiger partial charge >= 0.3 is 0 Å². The molecule has 10 heteroatoms. The molecule has 3 heterocycles. The van der Waals surface area contributed by atoms with Crippen LogP contribution in [0.4, 0.5) is 15.9 Å². The predicted octanol–water partition coefficient (Wildman–Crippen LogP) is 4.12. The van der Waals surface area contributed by atoms with E-state index in [9.17, 15) is 9.18 Å². The van der Waals surface area contributed by atoms with Gasteiger partial charge in [-0.05, 0) is 51.4 Å². The Morgan fingerprint density at radius 3 is 2.85 bits per heavy atom. The lowest BCUT2D eigenvalue weighted by Gasteiger charge is -2.26. The van der Waals surface area contributed by atoms with E-state index in [2.05, 4.69) is 25.5 Å². The molecule has 1 saturated heterocycles. The topological polar surface area (TPSA) is 88.6 Å². The van der Waals surface area contributed by atoms with Crippen molar-refractivity contribution in [1.82, 2.24) is 20.2 Å². The third-order valence-electron chi connectivity index (χ3n) is 5.53. The fraction of sp³-hybridized carbons (Fsp3) is 0.458. The number of hydrogen-bond donors (Lipinski definition) is 2. The Balaban J connectivity index is 1.48. The number of nitrogens with one attached hydrogen (secondary N) is 2. The normalized spacial score (nSPS) is 14.5. The van der Waals surface area contributed by atoms with Gasteiger partial charge in [-0.15, -0.1) is 11.3 Å². The van der Waals surface area contributed by atoms with Gasteiger partial charge in [-0.1, -0.05) is 0 Å². The van der Waals surface area contributed by atoms with Gasteiger partial charge in [0, 0.05) is 25.7 Å². The van der Waals surface area contributed by atoms with E-state index in [0.717, 1.165) is 50.2 Å². The number of benzene rings is 1. The summed E-state index contributed by atoms with van der Waals surface area (Å²) < 4.78 is 24.9. The Kier molecular flexibility index (Phi) is 7.91. The molecule has 0 bridgehead atoms. The zero-order valence-corrected chi connectivity index (χ0v) is 20.5. The molecule has 1 amide bonds. The Hall–Kier alpha value is -2.82. The summed E-state index contributed by atoms with van der Waals surface area (Å²) in [6.45, 7) is 10.6. The number of thiophene rings is 1. The molecule has 1 fully saturated rings. The van der Waals surface area contributed by atoms with Gasteiger partial charge in [-0.25, -0.2) is 14.4 Å². The van der Waals surface area contributed by atoms with Gasteiger partial charge in [0.25, 0.3) is 5.91 Å². The molecule has 0 aliphatic carbocycles. The van der Waals surface area contributed by atoms with Crippen LogP contribution in [0.2, 0.25) is 0 Å². The van der Waals surface area contributed by atoms with Crippen LogP contribution in [0.1, 0.15) is 35.5 Å². The lowest BCUT2D eigenvalue weighted by atomic mass is 10.2. The molecule has 1 aliphatic heterocycles. The van der Waals surface area contributed by atoms with Crippen molar-refractivity contribution >= 4 is 39.0 Å². The first-order valence-corrected chi connectivity index (χ1v) is 12.3. The van der Waals surface area contributed by atoms with Crippen molar-refractivity contribution in [2.45, 2.75) is 33.3 Å². The van der Waals surface area contributed by atoms with E-state index in [0.29, 0.717) is 33.5 Å². The Morgan fingerprint density at radius 1 is 1.29 bits per heavy atom. The molecular weight excluding hydrogens is 457 g/mol. The predicted molar refractivity (Wildman–Crippen MR) is 132 cm³/mol. The van der Waals surface area contributed by atoms with Crippen LogP contribution in [0.25, 0.3) is 10.2 Å². The van der Waals surface area contributed by atoms with Crippen molar-refractivity contribution in [2.75, 3.05) is 44.7 Å².